The van der Waals surface area contributed by atoms with Crippen LogP contribution in [0.4, 0.5) is 19.4 Å². The second kappa shape index (κ2) is 3.99. The third-order valence-corrected chi connectivity index (χ3v) is 3.60. The van der Waals surface area contributed by atoms with Crippen molar-refractivity contribution in [3.05, 3.63) is 24.3 Å². The van der Waals surface area contributed by atoms with Gasteiger partial charge in [-0.15, -0.1) is 0 Å². The summed E-state index contributed by atoms with van der Waals surface area (Å²) in [6.45, 7) is 0. The van der Waals surface area contributed by atoms with Crippen LogP contribution in [0.3, 0.4) is 0 Å². The molecule has 1 aromatic rings. The lowest BCUT2D eigenvalue weighted by molar-refractivity contribution is 0.364. The summed E-state index contributed by atoms with van der Waals surface area (Å²) in [5.74, 6) is -0.495. The molecule has 0 amide bonds. The van der Waals surface area contributed by atoms with E-state index in [1.807, 2.05) is 0 Å². The lowest BCUT2D eigenvalue weighted by Gasteiger charge is -2.40. The third-order valence-electron chi connectivity index (χ3n) is 2.43. The van der Waals surface area contributed by atoms with Gasteiger partial charge >= 0.3 is 10.2 Å². The van der Waals surface area contributed by atoms with Gasteiger partial charge in [0.25, 0.3) is 0 Å². The molecule has 0 radical (unpaired) electrons. The Morgan fingerprint density at radius 2 is 1.39 bits per heavy atom. The number of nitrogens with two attached hydrogens (primary N) is 1. The summed E-state index contributed by atoms with van der Waals surface area (Å²) >= 11 is 0. The summed E-state index contributed by atoms with van der Waals surface area (Å²) in [6.07, 6.45) is 3.89. The van der Waals surface area contributed by atoms with Gasteiger partial charge in [0.1, 0.15) is 10.6 Å². The molecule has 0 atom stereocenters. The van der Waals surface area contributed by atoms with E-state index in [0.29, 0.717) is 18.2 Å². The first-order valence-electron chi connectivity index (χ1n) is 5.17. The Balaban J connectivity index is 0.000000269. The number of phenols is 1. The molecule has 106 valence electrons. The standard InChI is InChI=1S/C6H5F5OS.C4H9N/c7-13(8,9,10,11)6-3-1-5(12)2-4-6;5-4-2-1-3-4/h1-4,12H;4H,1-3,5H2. The van der Waals surface area contributed by atoms with Gasteiger partial charge in [0.05, 0.1) is 0 Å². The molecule has 0 heterocycles. The van der Waals surface area contributed by atoms with Gasteiger partial charge in [-0.1, -0.05) is 25.8 Å². The van der Waals surface area contributed by atoms with Crippen LogP contribution in [0, 0.1) is 0 Å². The lowest BCUT2D eigenvalue weighted by Crippen LogP contribution is -2.27. The van der Waals surface area contributed by atoms with Gasteiger partial charge in [-0.05, 0) is 37.1 Å². The summed E-state index contributed by atoms with van der Waals surface area (Å²) in [6, 6.07) is 1.99. The number of benzene rings is 1. The van der Waals surface area contributed by atoms with Gasteiger partial charge < -0.3 is 10.8 Å². The van der Waals surface area contributed by atoms with Crippen molar-refractivity contribution in [2.24, 2.45) is 5.73 Å². The molecule has 1 aromatic carbocycles. The summed E-state index contributed by atoms with van der Waals surface area (Å²) < 4.78 is 60.0. The smallest absolute Gasteiger partial charge is 0.310 e. The first-order valence-corrected chi connectivity index (χ1v) is 7.12. The largest absolute Gasteiger partial charge is 0.508 e. The Hall–Kier alpha value is -1.02. The zero-order chi connectivity index (χ0) is 14.1. The molecule has 18 heavy (non-hydrogen) atoms. The zero-order valence-electron chi connectivity index (χ0n) is 9.33. The van der Waals surface area contributed by atoms with Gasteiger partial charge in [0.15, 0.2) is 0 Å². The predicted molar refractivity (Wildman–Crippen MR) is 61.3 cm³/mol. The zero-order valence-corrected chi connectivity index (χ0v) is 10.1. The van der Waals surface area contributed by atoms with E-state index in [9.17, 15) is 19.4 Å². The Bertz CT molecular complexity index is 411. The van der Waals surface area contributed by atoms with Crippen LogP contribution in [-0.2, 0) is 0 Å². The molecule has 8 heteroatoms. The Kier molecular flexibility index (Phi) is 3.33. The van der Waals surface area contributed by atoms with E-state index in [4.69, 9.17) is 10.8 Å². The van der Waals surface area contributed by atoms with Crippen LogP contribution in [-0.4, -0.2) is 11.1 Å². The van der Waals surface area contributed by atoms with Crippen molar-refractivity contribution in [3.63, 3.8) is 0 Å². The maximum absolute atomic E-state index is 12.0. The monoisotopic (exact) mass is 291 g/mol. The first kappa shape index (κ1) is 15.0. The van der Waals surface area contributed by atoms with Crippen molar-refractivity contribution in [2.75, 3.05) is 0 Å². The molecule has 2 nitrogen and oxygen atoms in total. The highest BCUT2D eigenvalue weighted by molar-refractivity contribution is 8.45. The molecule has 0 spiro atoms. The second-order valence-electron chi connectivity index (χ2n) is 4.15. The number of hydrogen-bond acceptors (Lipinski definition) is 2. The Morgan fingerprint density at radius 1 is 1.00 bits per heavy atom. The van der Waals surface area contributed by atoms with Gasteiger partial charge in [-0.2, -0.15) is 0 Å². The molecular weight excluding hydrogens is 277 g/mol. The van der Waals surface area contributed by atoms with Crippen LogP contribution < -0.4 is 5.73 Å². The molecule has 0 saturated heterocycles. The summed E-state index contributed by atoms with van der Waals surface area (Å²) in [5, 5.41) is 8.59. The van der Waals surface area contributed by atoms with E-state index in [-0.39, 0.29) is 12.1 Å². The minimum atomic E-state index is -9.56. The van der Waals surface area contributed by atoms with E-state index in [0.717, 1.165) is 0 Å². The molecule has 2 rings (SSSR count). The van der Waals surface area contributed by atoms with E-state index in [2.05, 4.69) is 0 Å². The highest BCUT2D eigenvalue weighted by atomic mass is 32.5. The average molecular weight is 291 g/mol. The molecule has 1 aliphatic rings. The second-order valence-corrected chi connectivity index (χ2v) is 6.56. The topological polar surface area (TPSA) is 46.2 Å². The average Bonchev–Trinajstić information content (AvgIpc) is 2.12. The third kappa shape index (κ3) is 4.69. The van der Waals surface area contributed by atoms with Crippen LogP contribution in [0.2, 0.25) is 0 Å². The van der Waals surface area contributed by atoms with E-state index >= 15 is 0 Å². The van der Waals surface area contributed by atoms with Crippen molar-refractivity contribution in [2.45, 2.75) is 30.2 Å². The first-order chi connectivity index (χ1) is 7.88. The highest BCUT2D eigenvalue weighted by Gasteiger charge is 2.65. The highest BCUT2D eigenvalue weighted by Crippen LogP contribution is 3.02. The summed E-state index contributed by atoms with van der Waals surface area (Å²) in [4.78, 5) is -2.00. The fraction of sp³-hybridized carbons (Fsp3) is 0.400. The SMILES string of the molecule is NC1CCC1.Oc1ccc(S(F)(F)(F)(F)F)cc1. The normalized spacial score (nSPS) is 19.9. The number of halogens is 5. The van der Waals surface area contributed by atoms with Gasteiger partial charge in [0.2, 0.25) is 0 Å². The minimum absolute atomic E-state index is 0.150. The molecule has 1 fully saturated rings. The van der Waals surface area contributed by atoms with Crippen molar-refractivity contribution < 1.29 is 24.5 Å². The fourth-order valence-corrected chi connectivity index (χ4v) is 1.79. The lowest BCUT2D eigenvalue weighted by atomic mass is 9.95. The number of aromatic hydroxyl groups is 1. The van der Waals surface area contributed by atoms with Crippen LogP contribution >= 0.6 is 10.2 Å². The molecule has 0 bridgehead atoms. The number of rotatable bonds is 1. The number of phenolic OH excluding ortho intramolecular Hbond substituents is 1. The van der Waals surface area contributed by atoms with Gasteiger partial charge in [0, 0.05) is 6.04 Å². The molecule has 3 N–H and O–H groups in total. The van der Waals surface area contributed by atoms with Gasteiger partial charge in [-0.3, -0.25) is 0 Å². The van der Waals surface area contributed by atoms with Crippen LogP contribution in [0.15, 0.2) is 29.2 Å². The van der Waals surface area contributed by atoms with Crippen LogP contribution in [0.25, 0.3) is 0 Å². The molecule has 0 aliphatic heterocycles. The fourth-order valence-electron chi connectivity index (χ4n) is 1.14. The van der Waals surface area contributed by atoms with Crippen molar-refractivity contribution >= 4 is 10.2 Å². The Labute approximate surface area is 101 Å². The summed E-state index contributed by atoms with van der Waals surface area (Å²) in [7, 11) is -9.56. The predicted octanol–water partition coefficient (Wildman–Crippen LogP) is 4.55. The van der Waals surface area contributed by atoms with Crippen LogP contribution in [0.1, 0.15) is 19.3 Å². The van der Waals surface area contributed by atoms with E-state index in [1.54, 1.807) is 0 Å². The molecule has 0 aromatic heterocycles. The maximum atomic E-state index is 12.0. The van der Waals surface area contributed by atoms with Gasteiger partial charge in [-0.25, -0.2) is 0 Å². The van der Waals surface area contributed by atoms with E-state index in [1.165, 1.54) is 19.3 Å². The minimum Gasteiger partial charge on any atom is -0.508 e. The van der Waals surface area contributed by atoms with E-state index < -0.39 is 20.9 Å². The Morgan fingerprint density at radius 3 is 1.61 bits per heavy atom. The molecule has 1 aliphatic carbocycles. The van der Waals surface area contributed by atoms with Crippen LogP contribution in [0.5, 0.6) is 5.75 Å². The molecule has 1 saturated carbocycles. The molecular formula is C10H14F5NOS. The quantitative estimate of drug-likeness (QED) is 0.746. The molecule has 0 unspecified atom stereocenters. The van der Waals surface area contributed by atoms with Crippen molar-refractivity contribution in [3.8, 4) is 5.75 Å². The number of hydrogen-bond donors (Lipinski definition) is 2. The van der Waals surface area contributed by atoms with Crippen molar-refractivity contribution in [1.29, 1.82) is 0 Å². The summed E-state index contributed by atoms with van der Waals surface area (Å²) in [5.41, 5.74) is 5.38. The maximum Gasteiger partial charge on any atom is 0.310 e. The van der Waals surface area contributed by atoms with Crippen molar-refractivity contribution in [1.82, 2.24) is 0 Å².